The van der Waals surface area contributed by atoms with E-state index in [1.165, 1.54) is 0 Å². The molecule has 0 spiro atoms. The third-order valence-electron chi connectivity index (χ3n) is 4.21. The highest BCUT2D eigenvalue weighted by Crippen LogP contribution is 2.42. The van der Waals surface area contributed by atoms with Gasteiger partial charge in [0.1, 0.15) is 6.10 Å². The lowest BCUT2D eigenvalue weighted by Gasteiger charge is -2.17. The molecule has 2 atom stereocenters. The molecule has 0 bridgehead atoms. The molecule has 194 valence electrons. The van der Waals surface area contributed by atoms with E-state index in [0.29, 0.717) is 6.42 Å². The second kappa shape index (κ2) is 23.0. The van der Waals surface area contributed by atoms with Crippen molar-refractivity contribution in [1.29, 1.82) is 0 Å². The number of carbonyl (C=O) groups excluding carboxylic acids is 1. The molecule has 0 fully saturated rings. The van der Waals surface area contributed by atoms with Crippen molar-refractivity contribution >= 4 is 13.8 Å². The molecule has 0 amide bonds. The maximum atomic E-state index is 11.9. The second-order valence-corrected chi connectivity index (χ2v) is 8.73. The van der Waals surface area contributed by atoms with Crippen LogP contribution >= 0.6 is 7.82 Å². The second-order valence-electron chi connectivity index (χ2n) is 7.28. The molecule has 0 aliphatic carbocycles. The first-order valence-corrected chi connectivity index (χ1v) is 13.3. The van der Waals surface area contributed by atoms with Crippen LogP contribution < -0.4 is 5.73 Å². The number of allylic oxidation sites excluding steroid dienone is 10. The number of rotatable bonds is 21. The molecular formula is C25H42NO7P. The van der Waals surface area contributed by atoms with Gasteiger partial charge in [-0.05, 0) is 44.9 Å². The molecule has 2 unspecified atom stereocenters. The van der Waals surface area contributed by atoms with Crippen molar-refractivity contribution in [3.05, 3.63) is 60.8 Å². The van der Waals surface area contributed by atoms with Crippen LogP contribution in [0, 0.1) is 0 Å². The number of aliphatic hydroxyl groups excluding tert-OH is 1. The van der Waals surface area contributed by atoms with Crippen molar-refractivity contribution in [3.8, 4) is 0 Å². The number of hydrogen-bond donors (Lipinski definition) is 3. The van der Waals surface area contributed by atoms with E-state index in [1.54, 1.807) is 0 Å². The number of aliphatic hydroxyl groups is 1. The Balaban J connectivity index is 3.85. The van der Waals surface area contributed by atoms with Gasteiger partial charge in [-0.2, -0.15) is 0 Å². The van der Waals surface area contributed by atoms with Gasteiger partial charge in [0, 0.05) is 13.0 Å². The monoisotopic (exact) mass is 499 g/mol. The summed E-state index contributed by atoms with van der Waals surface area (Å²) in [6.07, 6.45) is 26.5. The van der Waals surface area contributed by atoms with Crippen LogP contribution in [0.15, 0.2) is 60.8 Å². The summed E-state index contributed by atoms with van der Waals surface area (Å²) in [5, 5.41) is 9.25. The normalized spacial score (nSPS) is 15.3. The lowest BCUT2D eigenvalue weighted by atomic mass is 10.2. The van der Waals surface area contributed by atoms with Crippen molar-refractivity contribution in [2.24, 2.45) is 5.73 Å². The number of esters is 1. The maximum Gasteiger partial charge on any atom is 0.472 e. The summed E-state index contributed by atoms with van der Waals surface area (Å²) in [5.74, 6) is -0.509. The minimum Gasteiger partial charge on any atom is -0.457 e. The third kappa shape index (κ3) is 22.0. The topological polar surface area (TPSA) is 128 Å². The Morgan fingerprint density at radius 3 is 1.94 bits per heavy atom. The summed E-state index contributed by atoms with van der Waals surface area (Å²) in [6.45, 7) is 1.06. The summed E-state index contributed by atoms with van der Waals surface area (Å²) in [5.41, 5.74) is 5.18. The number of phosphoric acid groups is 1. The summed E-state index contributed by atoms with van der Waals surface area (Å²) in [7, 11) is -4.28. The fourth-order valence-electron chi connectivity index (χ4n) is 2.48. The van der Waals surface area contributed by atoms with Gasteiger partial charge in [0.05, 0.1) is 19.8 Å². The molecular weight excluding hydrogens is 457 g/mol. The molecule has 0 aromatic heterocycles. The van der Waals surface area contributed by atoms with Crippen molar-refractivity contribution < 1.29 is 33.1 Å². The van der Waals surface area contributed by atoms with Crippen LogP contribution in [0.2, 0.25) is 0 Å². The minimum atomic E-state index is -4.28. The Morgan fingerprint density at radius 2 is 1.44 bits per heavy atom. The van der Waals surface area contributed by atoms with Crippen LogP contribution in [0.3, 0.4) is 0 Å². The van der Waals surface area contributed by atoms with Gasteiger partial charge in [0.25, 0.3) is 0 Å². The Hall–Kier alpha value is -1.80. The zero-order valence-electron chi connectivity index (χ0n) is 20.3. The first-order chi connectivity index (χ1) is 16.4. The van der Waals surface area contributed by atoms with Gasteiger partial charge >= 0.3 is 13.8 Å². The minimum absolute atomic E-state index is 0.0597. The SMILES string of the molecule is CCC=CCC=CCC=CCC=CCC=CCCCC(=O)OC(CO)COP(=O)(O)OCCN. The number of carbonyl (C=O) groups is 1. The van der Waals surface area contributed by atoms with Crippen molar-refractivity contribution in [2.75, 3.05) is 26.4 Å². The number of unbranched alkanes of at least 4 members (excludes halogenated alkanes) is 1. The Bertz CT molecular complexity index is 701. The van der Waals surface area contributed by atoms with Crippen LogP contribution in [-0.2, 0) is 23.1 Å². The third-order valence-corrected chi connectivity index (χ3v) is 5.19. The van der Waals surface area contributed by atoms with E-state index in [9.17, 15) is 19.4 Å². The lowest BCUT2D eigenvalue weighted by Crippen LogP contribution is -2.27. The smallest absolute Gasteiger partial charge is 0.457 e. The molecule has 0 radical (unpaired) electrons. The van der Waals surface area contributed by atoms with E-state index in [1.807, 2.05) is 12.2 Å². The quantitative estimate of drug-likeness (QED) is 0.0880. The highest BCUT2D eigenvalue weighted by atomic mass is 31.2. The first kappa shape index (κ1) is 32.2. The first-order valence-electron chi connectivity index (χ1n) is 11.8. The average Bonchev–Trinajstić information content (AvgIpc) is 2.82. The zero-order valence-corrected chi connectivity index (χ0v) is 21.2. The van der Waals surface area contributed by atoms with Gasteiger partial charge < -0.3 is 20.5 Å². The van der Waals surface area contributed by atoms with Crippen molar-refractivity contribution in [2.45, 2.75) is 64.4 Å². The fraction of sp³-hybridized carbons (Fsp3) is 0.560. The van der Waals surface area contributed by atoms with E-state index < -0.39 is 33.1 Å². The van der Waals surface area contributed by atoms with Gasteiger partial charge in [0.2, 0.25) is 0 Å². The summed E-state index contributed by atoms with van der Waals surface area (Å²) < 4.78 is 25.9. The van der Waals surface area contributed by atoms with Crippen molar-refractivity contribution in [3.63, 3.8) is 0 Å². The van der Waals surface area contributed by atoms with Crippen LogP contribution in [-0.4, -0.2) is 48.4 Å². The summed E-state index contributed by atoms with van der Waals surface area (Å²) >= 11 is 0. The Morgan fingerprint density at radius 1 is 0.912 bits per heavy atom. The molecule has 4 N–H and O–H groups in total. The van der Waals surface area contributed by atoms with Gasteiger partial charge in [-0.1, -0.05) is 67.7 Å². The van der Waals surface area contributed by atoms with Crippen molar-refractivity contribution in [1.82, 2.24) is 0 Å². The van der Waals surface area contributed by atoms with Crippen LogP contribution in [0.25, 0.3) is 0 Å². The summed E-state index contributed by atoms with van der Waals surface area (Å²) in [6, 6.07) is 0. The largest absolute Gasteiger partial charge is 0.472 e. The van der Waals surface area contributed by atoms with Gasteiger partial charge in [-0.3, -0.25) is 13.8 Å². The molecule has 8 nitrogen and oxygen atoms in total. The average molecular weight is 500 g/mol. The summed E-state index contributed by atoms with van der Waals surface area (Å²) in [4.78, 5) is 21.3. The van der Waals surface area contributed by atoms with Gasteiger partial charge in [-0.15, -0.1) is 0 Å². The fourth-order valence-corrected chi connectivity index (χ4v) is 3.25. The number of hydrogen-bond acceptors (Lipinski definition) is 7. The number of phosphoric ester groups is 1. The van der Waals surface area contributed by atoms with Gasteiger partial charge in [-0.25, -0.2) is 4.57 Å². The van der Waals surface area contributed by atoms with Crippen LogP contribution in [0.5, 0.6) is 0 Å². The Kier molecular flexibility index (Phi) is 21.8. The molecule has 0 aliphatic heterocycles. The number of nitrogens with two attached hydrogens (primary N) is 1. The molecule has 0 saturated carbocycles. The molecule has 9 heteroatoms. The molecule has 0 rings (SSSR count). The lowest BCUT2D eigenvalue weighted by molar-refractivity contribution is -0.153. The van der Waals surface area contributed by atoms with Crippen LogP contribution in [0.4, 0.5) is 0 Å². The molecule has 0 aromatic rings. The highest BCUT2D eigenvalue weighted by molar-refractivity contribution is 7.47. The zero-order chi connectivity index (χ0) is 25.3. The Labute approximate surface area is 204 Å². The molecule has 0 aliphatic rings. The van der Waals surface area contributed by atoms with E-state index >= 15 is 0 Å². The molecule has 34 heavy (non-hydrogen) atoms. The van der Waals surface area contributed by atoms with E-state index in [2.05, 4.69) is 60.1 Å². The molecule has 0 saturated heterocycles. The molecule has 0 aromatic carbocycles. The predicted molar refractivity (Wildman–Crippen MR) is 136 cm³/mol. The van der Waals surface area contributed by atoms with E-state index in [0.717, 1.165) is 38.5 Å². The van der Waals surface area contributed by atoms with Gasteiger partial charge in [0.15, 0.2) is 0 Å². The molecule has 0 heterocycles. The van der Waals surface area contributed by atoms with E-state index in [4.69, 9.17) is 15.0 Å². The van der Waals surface area contributed by atoms with Crippen LogP contribution in [0.1, 0.15) is 58.3 Å². The predicted octanol–water partition coefficient (Wildman–Crippen LogP) is 4.90. The van der Waals surface area contributed by atoms with E-state index in [-0.39, 0.29) is 19.6 Å². The maximum absolute atomic E-state index is 11.9. The highest BCUT2D eigenvalue weighted by Gasteiger charge is 2.24. The standard InChI is InChI=1S/C25H42NO7P/c1-2-3-4-5-6-7-8-9-10-11-12-13-14-15-16-17-18-19-25(28)33-24(22-27)23-32-34(29,30)31-21-20-26/h3-4,6-7,9-10,12-13,15-16,24,27H,2,5,8,11,14,17-23,26H2,1H3,(H,29,30). The number of ether oxygens (including phenoxy) is 1.